The van der Waals surface area contributed by atoms with Crippen molar-refractivity contribution in [3.63, 3.8) is 0 Å². The van der Waals surface area contributed by atoms with Crippen LogP contribution in [0.25, 0.3) is 0 Å². The summed E-state index contributed by atoms with van der Waals surface area (Å²) in [6.07, 6.45) is -1.50. The maximum Gasteiger partial charge on any atom is 0.350 e. The molecule has 0 heterocycles. The van der Waals surface area contributed by atoms with Crippen molar-refractivity contribution >= 4 is 5.97 Å². The number of carbonyl (C=O) groups excluding carboxylic acids is 1. The number of aliphatic hydroxyl groups is 1. The van der Waals surface area contributed by atoms with Gasteiger partial charge in [0.1, 0.15) is 0 Å². The van der Waals surface area contributed by atoms with Crippen molar-refractivity contribution < 1.29 is 14.6 Å². The maximum atomic E-state index is 10.5. The second kappa shape index (κ2) is 4.24. The van der Waals surface area contributed by atoms with E-state index in [1.807, 2.05) is 13.8 Å². The Morgan fingerprint density at radius 2 is 2.20 bits per heavy atom. The van der Waals surface area contributed by atoms with Gasteiger partial charge in [-0.15, -0.1) is 0 Å². The Balaban J connectivity index is 3.40. The minimum absolute atomic E-state index is 0.266. The highest BCUT2D eigenvalue weighted by molar-refractivity contribution is 5.73. The minimum Gasteiger partial charge on any atom is -0.462 e. The lowest BCUT2D eigenvalue weighted by molar-refractivity contribution is -0.154. The molecule has 0 aromatic rings. The third-order valence-electron chi connectivity index (χ3n) is 0.800. The number of rotatable bonds is 3. The second-order valence-corrected chi connectivity index (χ2v) is 2.47. The maximum absolute atomic E-state index is 10.5. The molecule has 0 bridgehead atoms. The van der Waals surface area contributed by atoms with E-state index in [1.54, 1.807) is 0 Å². The predicted molar refractivity (Wildman–Crippen MR) is 36.0 cm³/mol. The number of aliphatic hydroxyl groups excluding tert-OH is 1. The number of carbonyl (C=O) groups is 1. The molecule has 4 nitrogen and oxygen atoms in total. The van der Waals surface area contributed by atoms with Gasteiger partial charge >= 0.3 is 5.97 Å². The monoisotopic (exact) mass is 147 g/mol. The SMILES string of the molecule is CC(C)COC(=O)[C@@H](N)O. The Morgan fingerprint density at radius 3 is 2.50 bits per heavy atom. The zero-order valence-corrected chi connectivity index (χ0v) is 6.20. The number of nitrogens with two attached hydrogens (primary N) is 1. The normalized spacial score (nSPS) is 13.3. The minimum atomic E-state index is -1.50. The quantitative estimate of drug-likeness (QED) is 0.415. The first-order valence-electron chi connectivity index (χ1n) is 3.14. The zero-order chi connectivity index (χ0) is 8.15. The van der Waals surface area contributed by atoms with Crippen LogP contribution in [0.15, 0.2) is 0 Å². The van der Waals surface area contributed by atoms with E-state index in [1.165, 1.54) is 0 Å². The van der Waals surface area contributed by atoms with E-state index in [2.05, 4.69) is 4.74 Å². The zero-order valence-electron chi connectivity index (χ0n) is 6.20. The van der Waals surface area contributed by atoms with Gasteiger partial charge in [0.2, 0.25) is 6.23 Å². The molecule has 0 aliphatic heterocycles. The Hall–Kier alpha value is -0.610. The van der Waals surface area contributed by atoms with E-state index >= 15 is 0 Å². The Morgan fingerprint density at radius 1 is 1.70 bits per heavy atom. The molecule has 0 aromatic heterocycles. The molecule has 0 saturated carbocycles. The summed E-state index contributed by atoms with van der Waals surface area (Å²) in [5.74, 6) is -0.503. The van der Waals surface area contributed by atoms with E-state index < -0.39 is 12.2 Å². The van der Waals surface area contributed by atoms with Crippen LogP contribution in [-0.4, -0.2) is 23.9 Å². The van der Waals surface area contributed by atoms with Crippen molar-refractivity contribution in [3.8, 4) is 0 Å². The van der Waals surface area contributed by atoms with Crippen molar-refractivity contribution in [1.29, 1.82) is 0 Å². The summed E-state index contributed by atoms with van der Waals surface area (Å²) < 4.78 is 4.55. The summed E-state index contributed by atoms with van der Waals surface area (Å²) in [6.45, 7) is 4.10. The fourth-order valence-corrected chi connectivity index (χ4v) is 0.334. The highest BCUT2D eigenvalue weighted by Gasteiger charge is 2.10. The van der Waals surface area contributed by atoms with Crippen LogP contribution in [0.5, 0.6) is 0 Å². The number of esters is 1. The molecule has 0 unspecified atom stereocenters. The lowest BCUT2D eigenvalue weighted by Gasteiger charge is -2.07. The molecule has 0 amide bonds. The van der Waals surface area contributed by atoms with Crippen LogP contribution < -0.4 is 5.73 Å². The fraction of sp³-hybridized carbons (Fsp3) is 0.833. The molecule has 3 N–H and O–H groups in total. The van der Waals surface area contributed by atoms with E-state index in [9.17, 15) is 4.79 Å². The first-order chi connectivity index (χ1) is 4.54. The van der Waals surface area contributed by atoms with Crippen LogP contribution >= 0.6 is 0 Å². The van der Waals surface area contributed by atoms with Gasteiger partial charge in [-0.3, -0.25) is 5.73 Å². The van der Waals surface area contributed by atoms with Gasteiger partial charge < -0.3 is 9.84 Å². The molecule has 0 aromatic carbocycles. The topological polar surface area (TPSA) is 72.5 Å². The third kappa shape index (κ3) is 4.29. The lowest BCUT2D eigenvalue weighted by atomic mass is 10.2. The fourth-order valence-electron chi connectivity index (χ4n) is 0.334. The van der Waals surface area contributed by atoms with Gasteiger partial charge in [-0.25, -0.2) is 4.79 Å². The first kappa shape index (κ1) is 9.39. The summed E-state index contributed by atoms with van der Waals surface area (Å²) in [7, 11) is 0. The molecule has 60 valence electrons. The summed E-state index contributed by atoms with van der Waals surface area (Å²) in [5.41, 5.74) is 4.80. The van der Waals surface area contributed by atoms with Crippen molar-refractivity contribution in [2.24, 2.45) is 11.7 Å². The van der Waals surface area contributed by atoms with Crippen LogP contribution in [0.1, 0.15) is 13.8 Å². The van der Waals surface area contributed by atoms with Crippen molar-refractivity contribution in [2.75, 3.05) is 6.61 Å². The molecule has 1 atom stereocenters. The van der Waals surface area contributed by atoms with Gasteiger partial charge in [0, 0.05) is 0 Å². The summed E-state index contributed by atoms with van der Waals surface area (Å²) in [6, 6.07) is 0. The predicted octanol–water partition coefficient (Wildman–Crippen LogP) is -0.537. The molecule has 0 aliphatic rings. The highest BCUT2D eigenvalue weighted by Crippen LogP contribution is 1.92. The first-order valence-corrected chi connectivity index (χ1v) is 3.14. The average molecular weight is 147 g/mol. The van der Waals surface area contributed by atoms with Crippen molar-refractivity contribution in [3.05, 3.63) is 0 Å². The second-order valence-electron chi connectivity index (χ2n) is 2.47. The van der Waals surface area contributed by atoms with E-state index in [-0.39, 0.29) is 5.92 Å². The summed E-state index contributed by atoms with van der Waals surface area (Å²) in [5, 5.41) is 8.44. The number of hydrogen-bond donors (Lipinski definition) is 2. The molecule has 0 saturated heterocycles. The van der Waals surface area contributed by atoms with Gasteiger partial charge in [-0.05, 0) is 5.92 Å². The van der Waals surface area contributed by atoms with Crippen molar-refractivity contribution in [2.45, 2.75) is 20.1 Å². The Labute approximate surface area is 60.0 Å². The molecule has 0 rings (SSSR count). The molecule has 0 fully saturated rings. The van der Waals surface area contributed by atoms with Crippen LogP contribution in [0.2, 0.25) is 0 Å². The van der Waals surface area contributed by atoms with Crippen LogP contribution in [-0.2, 0) is 9.53 Å². The smallest absolute Gasteiger partial charge is 0.350 e. The molecule has 0 radical (unpaired) electrons. The Bertz CT molecular complexity index is 112. The molecular formula is C6H13NO3. The van der Waals surface area contributed by atoms with E-state index in [0.717, 1.165) is 0 Å². The summed E-state index contributed by atoms with van der Waals surface area (Å²) >= 11 is 0. The molecule has 0 aliphatic carbocycles. The largest absolute Gasteiger partial charge is 0.462 e. The number of ether oxygens (including phenoxy) is 1. The van der Waals surface area contributed by atoms with Gasteiger partial charge in [-0.1, -0.05) is 13.8 Å². The van der Waals surface area contributed by atoms with Crippen LogP contribution in [0.4, 0.5) is 0 Å². The molecule has 4 heteroatoms. The van der Waals surface area contributed by atoms with Gasteiger partial charge in [-0.2, -0.15) is 0 Å². The highest BCUT2D eigenvalue weighted by atomic mass is 16.5. The van der Waals surface area contributed by atoms with Gasteiger partial charge in [0.25, 0.3) is 0 Å². The molecular weight excluding hydrogens is 134 g/mol. The lowest BCUT2D eigenvalue weighted by Crippen LogP contribution is -2.32. The molecule has 0 spiro atoms. The number of hydrogen-bond acceptors (Lipinski definition) is 4. The van der Waals surface area contributed by atoms with E-state index in [4.69, 9.17) is 10.8 Å². The standard InChI is InChI=1S/C6H13NO3/c1-4(2)3-10-6(9)5(7)8/h4-5,8H,3,7H2,1-2H3/t5-/m0/s1. The van der Waals surface area contributed by atoms with Crippen LogP contribution in [0, 0.1) is 5.92 Å². The van der Waals surface area contributed by atoms with Gasteiger partial charge in [0.05, 0.1) is 6.61 Å². The van der Waals surface area contributed by atoms with Crippen molar-refractivity contribution in [1.82, 2.24) is 0 Å². The third-order valence-corrected chi connectivity index (χ3v) is 0.800. The average Bonchev–Trinajstić information content (AvgIpc) is 1.82. The van der Waals surface area contributed by atoms with E-state index in [0.29, 0.717) is 6.61 Å². The Kier molecular flexibility index (Phi) is 3.99. The summed E-state index contributed by atoms with van der Waals surface area (Å²) in [4.78, 5) is 10.5. The molecule has 10 heavy (non-hydrogen) atoms. The van der Waals surface area contributed by atoms with Crippen LogP contribution in [0.3, 0.4) is 0 Å². The van der Waals surface area contributed by atoms with Gasteiger partial charge in [0.15, 0.2) is 0 Å².